The first-order valence-electron chi connectivity index (χ1n) is 5.83. The van der Waals surface area contributed by atoms with Crippen molar-refractivity contribution >= 4 is 11.6 Å². The van der Waals surface area contributed by atoms with Gasteiger partial charge >= 0.3 is 0 Å². The number of anilines is 1. The molecule has 0 radical (unpaired) electrons. The van der Waals surface area contributed by atoms with Gasteiger partial charge in [0.15, 0.2) is 0 Å². The Kier molecular flexibility index (Phi) is 3.51. The highest BCUT2D eigenvalue weighted by atomic mass is 19.1. The predicted molar refractivity (Wildman–Crippen MR) is 72.0 cm³/mol. The Morgan fingerprint density at radius 1 is 1.16 bits per heavy atom. The minimum atomic E-state index is -0.502. The van der Waals surface area contributed by atoms with Gasteiger partial charge in [0.25, 0.3) is 5.91 Å². The van der Waals surface area contributed by atoms with Crippen LogP contribution in [0.3, 0.4) is 0 Å². The summed E-state index contributed by atoms with van der Waals surface area (Å²) in [5, 5.41) is 9.21. The van der Waals surface area contributed by atoms with Crippen LogP contribution >= 0.6 is 0 Å². The molecule has 3 nitrogen and oxygen atoms in total. The van der Waals surface area contributed by atoms with E-state index in [2.05, 4.69) is 0 Å². The maximum absolute atomic E-state index is 13.9. The molecule has 0 heterocycles. The number of hydrogen-bond acceptors (Lipinski definition) is 2. The molecule has 0 unspecified atom stereocenters. The van der Waals surface area contributed by atoms with Gasteiger partial charge < -0.3 is 10.0 Å². The molecular formula is C15H14FNO2. The summed E-state index contributed by atoms with van der Waals surface area (Å²) in [6.45, 7) is 1.62. The molecule has 0 aliphatic heterocycles. The minimum Gasteiger partial charge on any atom is -0.508 e. The first-order valence-corrected chi connectivity index (χ1v) is 5.83. The number of phenolic OH excluding ortho intramolecular Hbond substituents is 1. The lowest BCUT2D eigenvalue weighted by atomic mass is 10.1. The summed E-state index contributed by atoms with van der Waals surface area (Å²) < 4.78 is 13.9. The van der Waals surface area contributed by atoms with Crippen molar-refractivity contribution in [1.29, 1.82) is 0 Å². The molecule has 2 rings (SSSR count). The number of halogens is 1. The zero-order chi connectivity index (χ0) is 14.0. The van der Waals surface area contributed by atoms with Crippen LogP contribution in [0, 0.1) is 12.7 Å². The molecule has 0 atom stereocenters. The molecule has 0 aromatic heterocycles. The smallest absolute Gasteiger partial charge is 0.260 e. The van der Waals surface area contributed by atoms with E-state index in [1.807, 2.05) is 0 Å². The number of carbonyl (C=O) groups excluding carboxylic acids is 1. The van der Waals surface area contributed by atoms with Gasteiger partial charge in [-0.25, -0.2) is 4.39 Å². The second kappa shape index (κ2) is 5.10. The summed E-state index contributed by atoms with van der Waals surface area (Å²) in [6, 6.07) is 10.9. The number of amides is 1. The van der Waals surface area contributed by atoms with Crippen molar-refractivity contribution < 1.29 is 14.3 Å². The second-order valence-electron chi connectivity index (χ2n) is 4.32. The van der Waals surface area contributed by atoms with E-state index in [0.717, 1.165) is 0 Å². The number of nitrogens with zero attached hydrogens (tertiary/aromatic N) is 1. The van der Waals surface area contributed by atoms with E-state index in [1.54, 1.807) is 38.2 Å². The van der Waals surface area contributed by atoms with Crippen LogP contribution in [0.5, 0.6) is 5.75 Å². The standard InChI is InChI=1S/C15H14FNO2/c1-10-4-3-5-13(14(10)16)15(19)17(2)11-6-8-12(18)9-7-11/h3-9,18H,1-2H3. The van der Waals surface area contributed by atoms with E-state index in [1.165, 1.54) is 23.1 Å². The highest BCUT2D eigenvalue weighted by molar-refractivity contribution is 6.06. The van der Waals surface area contributed by atoms with E-state index >= 15 is 0 Å². The lowest BCUT2D eigenvalue weighted by Gasteiger charge is -2.18. The van der Waals surface area contributed by atoms with E-state index in [4.69, 9.17) is 0 Å². The molecule has 0 saturated heterocycles. The average molecular weight is 259 g/mol. The van der Waals surface area contributed by atoms with Crippen molar-refractivity contribution in [3.8, 4) is 5.75 Å². The lowest BCUT2D eigenvalue weighted by Crippen LogP contribution is -2.27. The summed E-state index contributed by atoms with van der Waals surface area (Å²) in [5.74, 6) is -0.809. The first kappa shape index (κ1) is 13.1. The number of rotatable bonds is 2. The average Bonchev–Trinajstić information content (AvgIpc) is 2.41. The van der Waals surface area contributed by atoms with Gasteiger partial charge in [-0.05, 0) is 42.8 Å². The van der Waals surface area contributed by atoms with Gasteiger partial charge in [-0.3, -0.25) is 4.79 Å². The fraction of sp³-hybridized carbons (Fsp3) is 0.133. The van der Waals surface area contributed by atoms with Crippen LogP contribution in [-0.2, 0) is 0 Å². The summed E-state index contributed by atoms with van der Waals surface area (Å²) in [4.78, 5) is 13.6. The molecule has 1 amide bonds. The van der Waals surface area contributed by atoms with E-state index in [9.17, 15) is 14.3 Å². The van der Waals surface area contributed by atoms with Crippen LogP contribution in [-0.4, -0.2) is 18.1 Å². The van der Waals surface area contributed by atoms with Crippen molar-refractivity contribution in [2.24, 2.45) is 0 Å². The maximum Gasteiger partial charge on any atom is 0.260 e. The van der Waals surface area contributed by atoms with Crippen molar-refractivity contribution in [2.75, 3.05) is 11.9 Å². The largest absolute Gasteiger partial charge is 0.508 e. The van der Waals surface area contributed by atoms with Crippen LogP contribution in [0.4, 0.5) is 10.1 Å². The fourth-order valence-electron chi connectivity index (χ4n) is 1.79. The van der Waals surface area contributed by atoms with E-state index in [0.29, 0.717) is 11.3 Å². The zero-order valence-corrected chi connectivity index (χ0v) is 10.7. The third-order valence-electron chi connectivity index (χ3n) is 2.96. The third-order valence-corrected chi connectivity index (χ3v) is 2.96. The number of carbonyl (C=O) groups is 1. The quantitative estimate of drug-likeness (QED) is 0.900. The molecule has 0 aliphatic carbocycles. The number of benzene rings is 2. The van der Waals surface area contributed by atoms with Gasteiger partial charge in [0, 0.05) is 12.7 Å². The zero-order valence-electron chi connectivity index (χ0n) is 10.7. The molecule has 0 saturated carbocycles. The normalized spacial score (nSPS) is 10.3. The fourth-order valence-corrected chi connectivity index (χ4v) is 1.79. The van der Waals surface area contributed by atoms with Crippen LogP contribution < -0.4 is 4.90 Å². The van der Waals surface area contributed by atoms with Crippen molar-refractivity contribution in [3.63, 3.8) is 0 Å². The van der Waals surface area contributed by atoms with Gasteiger partial charge in [-0.1, -0.05) is 12.1 Å². The van der Waals surface area contributed by atoms with E-state index < -0.39 is 11.7 Å². The molecule has 0 aliphatic rings. The molecule has 1 N–H and O–H groups in total. The SMILES string of the molecule is Cc1cccc(C(=O)N(C)c2ccc(O)cc2)c1F. The molecular weight excluding hydrogens is 245 g/mol. The molecule has 19 heavy (non-hydrogen) atoms. The van der Waals surface area contributed by atoms with Gasteiger partial charge in [0.1, 0.15) is 11.6 Å². The van der Waals surface area contributed by atoms with Crippen LogP contribution in [0.2, 0.25) is 0 Å². The van der Waals surface area contributed by atoms with Crippen molar-refractivity contribution in [1.82, 2.24) is 0 Å². The Labute approximate surface area is 110 Å². The Morgan fingerprint density at radius 3 is 2.42 bits per heavy atom. The van der Waals surface area contributed by atoms with Gasteiger partial charge in [-0.2, -0.15) is 0 Å². The molecule has 2 aromatic rings. The monoisotopic (exact) mass is 259 g/mol. The Hall–Kier alpha value is -2.36. The Bertz CT molecular complexity index is 608. The number of aryl methyl sites for hydroxylation is 1. The summed E-state index contributed by atoms with van der Waals surface area (Å²) in [6.07, 6.45) is 0. The highest BCUT2D eigenvalue weighted by Crippen LogP contribution is 2.21. The van der Waals surface area contributed by atoms with Crippen molar-refractivity contribution in [2.45, 2.75) is 6.92 Å². The van der Waals surface area contributed by atoms with E-state index in [-0.39, 0.29) is 11.3 Å². The van der Waals surface area contributed by atoms with Crippen LogP contribution in [0.25, 0.3) is 0 Å². The number of phenols is 1. The first-order chi connectivity index (χ1) is 9.00. The third kappa shape index (κ3) is 2.57. The highest BCUT2D eigenvalue weighted by Gasteiger charge is 2.18. The van der Waals surface area contributed by atoms with Crippen LogP contribution in [0.15, 0.2) is 42.5 Å². The van der Waals surface area contributed by atoms with Crippen LogP contribution in [0.1, 0.15) is 15.9 Å². The Morgan fingerprint density at radius 2 is 1.79 bits per heavy atom. The molecule has 98 valence electrons. The van der Waals surface area contributed by atoms with Gasteiger partial charge in [0.2, 0.25) is 0 Å². The molecule has 2 aromatic carbocycles. The van der Waals surface area contributed by atoms with Crippen molar-refractivity contribution in [3.05, 3.63) is 59.4 Å². The topological polar surface area (TPSA) is 40.5 Å². The lowest BCUT2D eigenvalue weighted by molar-refractivity contribution is 0.0989. The summed E-state index contributed by atoms with van der Waals surface area (Å²) in [7, 11) is 1.57. The van der Waals surface area contributed by atoms with Gasteiger partial charge in [0.05, 0.1) is 5.56 Å². The predicted octanol–water partition coefficient (Wildman–Crippen LogP) is 3.12. The minimum absolute atomic E-state index is 0.0376. The number of aromatic hydroxyl groups is 1. The molecule has 0 fully saturated rings. The Balaban J connectivity index is 2.33. The summed E-state index contributed by atoms with van der Waals surface area (Å²) >= 11 is 0. The number of hydrogen-bond donors (Lipinski definition) is 1. The molecule has 0 spiro atoms. The second-order valence-corrected chi connectivity index (χ2v) is 4.32. The molecule has 4 heteroatoms. The molecule has 0 bridgehead atoms. The summed E-state index contributed by atoms with van der Waals surface area (Å²) in [5.41, 5.74) is 1.06. The maximum atomic E-state index is 13.9. The van der Waals surface area contributed by atoms with Gasteiger partial charge in [-0.15, -0.1) is 0 Å².